The van der Waals surface area contributed by atoms with Crippen LogP contribution in [-0.4, -0.2) is 69.0 Å². The van der Waals surface area contributed by atoms with Gasteiger partial charge in [-0.05, 0) is 51.2 Å². The zero-order chi connectivity index (χ0) is 41.0. The summed E-state index contributed by atoms with van der Waals surface area (Å²) in [6.07, 6.45) is 31.8. The topological polar surface area (TPSA) is 161 Å². The highest BCUT2D eigenvalue weighted by atomic mass is 35.5. The highest BCUT2D eigenvalue weighted by Crippen LogP contribution is 2.33. The molecule has 0 saturated carbocycles. The van der Waals surface area contributed by atoms with E-state index in [1.54, 1.807) is 13.8 Å². The fourth-order valence-corrected chi connectivity index (χ4v) is 7.58. The number of nitrogens with zero attached hydrogens (tertiary/aromatic N) is 1. The van der Waals surface area contributed by atoms with Crippen molar-refractivity contribution in [2.75, 3.05) is 6.54 Å². The molecule has 0 aromatic heterocycles. The van der Waals surface area contributed by atoms with Crippen molar-refractivity contribution >= 4 is 24.3 Å². The highest BCUT2D eigenvalue weighted by molar-refractivity contribution is 5.85. The van der Waals surface area contributed by atoms with Crippen LogP contribution in [0.3, 0.4) is 0 Å². The van der Waals surface area contributed by atoms with Crippen LogP contribution in [0.5, 0.6) is 0 Å². The zero-order valence-corrected chi connectivity index (χ0v) is 38.0. The molecule has 56 heavy (non-hydrogen) atoms. The van der Waals surface area contributed by atoms with Crippen molar-refractivity contribution in [2.45, 2.75) is 270 Å². The molecule has 0 aliphatic carbocycles. The first-order valence-corrected chi connectivity index (χ1v) is 23.4. The third-order valence-corrected chi connectivity index (χ3v) is 11.2. The number of rotatable bonds is 42. The van der Waals surface area contributed by atoms with Gasteiger partial charge in [0.2, 0.25) is 0 Å². The zero-order valence-electron chi connectivity index (χ0n) is 37.1. The van der Waals surface area contributed by atoms with Gasteiger partial charge in [-0.1, -0.05) is 194 Å². The number of nitrogens with one attached hydrogen (secondary N) is 2. The van der Waals surface area contributed by atoms with Crippen molar-refractivity contribution in [1.82, 2.24) is 10.5 Å². The second kappa shape index (κ2) is 39.3. The first-order valence-electron chi connectivity index (χ1n) is 23.4. The average molecular weight is 822 g/mol. The molecule has 0 heterocycles. The minimum absolute atomic E-state index is 0. The van der Waals surface area contributed by atoms with Crippen LogP contribution in [0.1, 0.15) is 240 Å². The van der Waals surface area contributed by atoms with Gasteiger partial charge in [0.25, 0.3) is 0 Å². The Kier molecular flexibility index (Phi) is 39.9. The molecular weight excluding hydrogens is 728 g/mol. The van der Waals surface area contributed by atoms with E-state index in [-0.39, 0.29) is 31.2 Å². The molecule has 0 aliphatic rings. The van der Waals surface area contributed by atoms with Gasteiger partial charge in [-0.15, -0.1) is 12.4 Å². The van der Waals surface area contributed by atoms with E-state index in [1.807, 2.05) is 6.92 Å². The second-order valence-electron chi connectivity index (χ2n) is 16.6. The number of carboxylic acids is 1. The fraction of sp³-hybridized carbons (Fsp3) is 0.956. The van der Waals surface area contributed by atoms with E-state index in [0.717, 1.165) is 43.8 Å². The Bertz CT molecular complexity index is 842. The lowest BCUT2D eigenvalue weighted by Gasteiger charge is -2.42. The lowest BCUT2D eigenvalue weighted by Crippen LogP contribution is -2.58. The predicted octanol–water partition coefficient (Wildman–Crippen LogP) is 11.9. The van der Waals surface area contributed by atoms with Gasteiger partial charge in [0, 0.05) is 6.54 Å². The minimum atomic E-state index is -1.56. The lowest BCUT2D eigenvalue weighted by molar-refractivity contribution is -0.448. The number of hydrogen-bond acceptors (Lipinski definition) is 7. The Morgan fingerprint density at radius 1 is 0.589 bits per heavy atom. The molecule has 5 atom stereocenters. The Morgan fingerprint density at radius 3 is 1.18 bits per heavy atom. The number of nitrogens with two attached hydrogens (primary N) is 1. The number of aliphatic hydroxyl groups is 2. The van der Waals surface area contributed by atoms with E-state index < -0.39 is 35.9 Å². The van der Waals surface area contributed by atoms with E-state index in [1.165, 1.54) is 128 Å². The maximum atomic E-state index is 13.2. The first kappa shape index (κ1) is 56.9. The van der Waals surface area contributed by atoms with E-state index in [0.29, 0.717) is 32.2 Å². The van der Waals surface area contributed by atoms with Crippen LogP contribution in [0.4, 0.5) is 0 Å². The molecule has 336 valence electrons. The van der Waals surface area contributed by atoms with Gasteiger partial charge >= 0.3 is 5.97 Å². The molecule has 0 aromatic rings. The molecule has 0 spiro atoms. The van der Waals surface area contributed by atoms with Crippen molar-refractivity contribution in [3.63, 3.8) is 0 Å². The summed E-state index contributed by atoms with van der Waals surface area (Å²) >= 11 is 0. The minimum Gasteiger partial charge on any atom is -0.480 e. The molecule has 4 unspecified atom stereocenters. The number of guanidine groups is 1. The molecule has 0 aromatic carbocycles. The van der Waals surface area contributed by atoms with Gasteiger partial charge < -0.3 is 26.4 Å². The predicted molar refractivity (Wildman–Crippen MR) is 237 cm³/mol. The number of hydroxylamine groups is 2. The second-order valence-corrected chi connectivity index (χ2v) is 16.6. The summed E-state index contributed by atoms with van der Waals surface area (Å²) in [5.74, 6) is -1.24. The normalized spacial score (nSPS) is 14.9. The van der Waals surface area contributed by atoms with E-state index in [9.17, 15) is 20.1 Å². The van der Waals surface area contributed by atoms with Crippen molar-refractivity contribution in [3.8, 4) is 0 Å². The average Bonchev–Trinajstić information content (AvgIpc) is 3.14. The molecule has 0 rings (SSSR count). The van der Waals surface area contributed by atoms with Crippen molar-refractivity contribution in [2.24, 2.45) is 5.73 Å². The van der Waals surface area contributed by atoms with Crippen LogP contribution in [0.15, 0.2) is 0 Å². The largest absolute Gasteiger partial charge is 0.480 e. The summed E-state index contributed by atoms with van der Waals surface area (Å²) in [4.78, 5) is 26.2. The van der Waals surface area contributed by atoms with Gasteiger partial charge in [-0.3, -0.25) is 19.9 Å². The molecule has 0 radical (unpaired) electrons. The highest BCUT2D eigenvalue weighted by Gasteiger charge is 2.48. The number of unbranched alkanes of at least 4 members (excludes halogenated alkanes) is 24. The smallest absolute Gasteiger partial charge is 0.329 e. The van der Waals surface area contributed by atoms with Crippen molar-refractivity contribution in [1.29, 1.82) is 5.41 Å². The number of aliphatic carboxylic acids is 1. The molecule has 10 nitrogen and oxygen atoms in total. The third kappa shape index (κ3) is 30.0. The SMILES string of the molecule is CCCCCCCCCCCCCCCC(ON(OC(CCCCCCCCCCCCCCC)C(C)O)[C@@](CCC)(CCCNC(=N)N)C(=O)O)C(C)O.Cl. The van der Waals surface area contributed by atoms with E-state index >= 15 is 0 Å². The number of carboxylic acid groups (broad SMARTS) is 1. The van der Waals surface area contributed by atoms with Gasteiger partial charge in [-0.25, -0.2) is 0 Å². The number of aliphatic hydroxyl groups excluding tert-OH is 2. The number of hydrogen-bond donors (Lipinski definition) is 6. The Labute approximate surface area is 351 Å². The summed E-state index contributed by atoms with van der Waals surface area (Å²) in [6.45, 7) is 10.2. The van der Waals surface area contributed by atoms with Gasteiger partial charge in [0.1, 0.15) is 12.2 Å². The summed E-state index contributed by atoms with van der Waals surface area (Å²) < 4.78 is 0. The van der Waals surface area contributed by atoms with Gasteiger partial charge in [0.05, 0.1) is 12.2 Å². The summed E-state index contributed by atoms with van der Waals surface area (Å²) in [5.41, 5.74) is 3.95. The Balaban J connectivity index is 0. The standard InChI is InChI=1S/C45H92N4O6.ClH/c1-6-9-11-13-15-17-19-21-23-25-27-29-31-34-41(39(4)50)54-49(45(36-8-3,43(52)53)37-33-38-48-44(46)47)55-42(40(5)51)35-32-30-28-26-24-22-20-18-16-14-12-10-7-2;/h39-42,50-51H,6-38H2,1-5H3,(H,52,53)(H4,46,47,48);1H/t39?,40?,41?,42?,45-;/m0./s1. The maximum Gasteiger partial charge on any atom is 0.329 e. The monoisotopic (exact) mass is 821 g/mol. The van der Waals surface area contributed by atoms with Crippen LogP contribution >= 0.6 is 12.4 Å². The summed E-state index contributed by atoms with van der Waals surface area (Å²) in [6, 6.07) is 0. The Morgan fingerprint density at radius 2 is 0.911 bits per heavy atom. The lowest BCUT2D eigenvalue weighted by atomic mass is 9.89. The number of carbonyl (C=O) groups is 1. The van der Waals surface area contributed by atoms with Crippen LogP contribution in [0, 0.1) is 5.41 Å². The van der Waals surface area contributed by atoms with E-state index in [2.05, 4.69) is 19.2 Å². The molecule has 0 aliphatic heterocycles. The van der Waals surface area contributed by atoms with Crippen LogP contribution < -0.4 is 11.1 Å². The van der Waals surface area contributed by atoms with Crippen molar-refractivity contribution in [3.05, 3.63) is 0 Å². The fourth-order valence-electron chi connectivity index (χ4n) is 7.58. The summed E-state index contributed by atoms with van der Waals surface area (Å²) in [7, 11) is 0. The van der Waals surface area contributed by atoms with Gasteiger partial charge in [-0.2, -0.15) is 0 Å². The summed E-state index contributed by atoms with van der Waals surface area (Å²) in [5, 5.41) is 44.1. The van der Waals surface area contributed by atoms with E-state index in [4.69, 9.17) is 20.8 Å². The molecule has 0 fully saturated rings. The molecular formula is C45H93ClN4O6. The van der Waals surface area contributed by atoms with Gasteiger partial charge in [0.15, 0.2) is 11.5 Å². The molecule has 7 N–H and O–H groups in total. The number of halogens is 1. The Hall–Kier alpha value is -1.17. The van der Waals surface area contributed by atoms with Crippen LogP contribution in [0.25, 0.3) is 0 Å². The van der Waals surface area contributed by atoms with Crippen molar-refractivity contribution < 1.29 is 29.8 Å². The molecule has 0 amide bonds. The first-order chi connectivity index (χ1) is 26.5. The molecule has 11 heteroatoms. The van der Waals surface area contributed by atoms with Crippen LogP contribution in [-0.2, 0) is 14.5 Å². The third-order valence-electron chi connectivity index (χ3n) is 11.2. The quantitative estimate of drug-likeness (QED) is 0.0152. The molecule has 0 bridgehead atoms. The molecule has 0 saturated heterocycles. The van der Waals surface area contributed by atoms with Crippen LogP contribution in [0.2, 0.25) is 0 Å². The maximum absolute atomic E-state index is 13.2.